The fraction of sp³-hybridized carbons (Fsp3) is 0.269. The smallest absolute Gasteiger partial charge is 0.160 e. The highest BCUT2D eigenvalue weighted by Crippen LogP contribution is 2.43. The predicted molar refractivity (Wildman–Crippen MR) is 139 cm³/mol. The maximum Gasteiger partial charge on any atom is 0.160 e. The molecule has 0 amide bonds. The highest BCUT2D eigenvalue weighted by molar-refractivity contribution is 6.06. The molecule has 8 nitrogen and oxygen atoms in total. The third-order valence-corrected chi connectivity index (χ3v) is 6.54. The number of aryl methyl sites for hydroxylation is 1. The summed E-state index contributed by atoms with van der Waals surface area (Å²) in [4.78, 5) is 7.25. The van der Waals surface area contributed by atoms with E-state index in [4.69, 9.17) is 15.5 Å². The summed E-state index contributed by atoms with van der Waals surface area (Å²) in [6.45, 7) is 1.50. The van der Waals surface area contributed by atoms with Crippen molar-refractivity contribution in [1.29, 1.82) is 5.26 Å². The molecule has 0 aliphatic carbocycles. The monoisotopic (exact) mass is 508 g/mol. The van der Waals surface area contributed by atoms with Crippen LogP contribution in [-0.4, -0.2) is 46.1 Å². The van der Waals surface area contributed by atoms with Gasteiger partial charge in [-0.15, -0.1) is 12.4 Å². The number of anilines is 1. The molecule has 2 aromatic carbocycles. The second-order valence-electron chi connectivity index (χ2n) is 8.71. The van der Waals surface area contributed by atoms with Crippen molar-refractivity contribution in [3.8, 4) is 40.0 Å². The zero-order chi connectivity index (χ0) is 24.7. The summed E-state index contributed by atoms with van der Waals surface area (Å²) in [5.74, 6) is 0.449. The lowest BCUT2D eigenvalue weighted by molar-refractivity contribution is 0.373. The molecule has 2 aromatic heterocycles. The summed E-state index contributed by atoms with van der Waals surface area (Å²) < 4.78 is 21.7. The molecule has 0 saturated carbocycles. The van der Waals surface area contributed by atoms with Crippen molar-refractivity contribution >= 4 is 29.1 Å². The van der Waals surface area contributed by atoms with Crippen LogP contribution < -0.4 is 15.4 Å². The van der Waals surface area contributed by atoms with E-state index in [1.807, 2.05) is 19.2 Å². The van der Waals surface area contributed by atoms with E-state index in [0.29, 0.717) is 28.1 Å². The lowest BCUT2D eigenvalue weighted by atomic mass is 9.95. The molecule has 0 atom stereocenters. The quantitative estimate of drug-likeness (QED) is 0.420. The molecular formula is C26H26ClFN6O2. The SMILES string of the molecule is COc1ccc(-c2c(-c3ccc(C#N)c(F)c3)nc(N3CCC(N)CC3)c3c2cnn3C)cc1O.Cl. The molecule has 4 aromatic rings. The number of aromatic hydroxyl groups is 1. The second kappa shape index (κ2) is 10.0. The van der Waals surface area contributed by atoms with Gasteiger partial charge < -0.3 is 20.5 Å². The predicted octanol–water partition coefficient (Wildman–Crippen LogP) is 4.38. The van der Waals surface area contributed by atoms with Crippen molar-refractivity contribution < 1.29 is 14.2 Å². The molecule has 0 unspecified atom stereocenters. The largest absolute Gasteiger partial charge is 0.504 e. The average molecular weight is 509 g/mol. The Balaban J connectivity index is 0.00000304. The standard InChI is InChI=1S/C26H25FN6O2.ClH/c1-32-25-19(14-30-32)23(15-5-6-22(35-2)21(34)12-15)24(16-3-4-17(13-28)20(27)11-16)31-26(25)33-9-7-18(29)8-10-33;/h3-6,11-12,14,18,34H,7-10,29H2,1-2H3;1H. The molecule has 186 valence electrons. The number of phenolic OH excluding ortho intramolecular Hbond substituents is 1. The van der Waals surface area contributed by atoms with Gasteiger partial charge in [-0.25, -0.2) is 9.37 Å². The lowest BCUT2D eigenvalue weighted by Crippen LogP contribution is -2.40. The number of piperidine rings is 1. The Labute approximate surface area is 214 Å². The van der Waals surface area contributed by atoms with E-state index in [2.05, 4.69) is 10.00 Å². The van der Waals surface area contributed by atoms with Crippen LogP contribution in [0.1, 0.15) is 18.4 Å². The number of phenols is 1. The van der Waals surface area contributed by atoms with Crippen LogP contribution >= 0.6 is 12.4 Å². The number of halogens is 2. The molecule has 10 heteroatoms. The molecule has 1 fully saturated rings. The molecule has 0 radical (unpaired) electrons. The Bertz CT molecular complexity index is 1470. The Morgan fingerprint density at radius 2 is 1.89 bits per heavy atom. The highest BCUT2D eigenvalue weighted by atomic mass is 35.5. The topological polar surface area (TPSA) is 113 Å². The van der Waals surface area contributed by atoms with E-state index in [1.165, 1.54) is 19.2 Å². The van der Waals surface area contributed by atoms with E-state index in [9.17, 15) is 14.8 Å². The molecule has 0 spiro atoms. The fourth-order valence-electron chi connectivity index (χ4n) is 4.66. The van der Waals surface area contributed by atoms with Gasteiger partial charge in [-0.1, -0.05) is 12.1 Å². The van der Waals surface area contributed by atoms with Crippen LogP contribution in [0.4, 0.5) is 10.2 Å². The minimum Gasteiger partial charge on any atom is -0.504 e. The van der Waals surface area contributed by atoms with E-state index in [0.717, 1.165) is 42.7 Å². The molecule has 3 N–H and O–H groups in total. The molecular weight excluding hydrogens is 483 g/mol. The highest BCUT2D eigenvalue weighted by Gasteiger charge is 2.26. The van der Waals surface area contributed by atoms with Gasteiger partial charge in [0.05, 0.1) is 24.6 Å². The van der Waals surface area contributed by atoms with Crippen LogP contribution in [0.15, 0.2) is 42.6 Å². The first-order chi connectivity index (χ1) is 16.9. The van der Waals surface area contributed by atoms with Crippen LogP contribution in [0.2, 0.25) is 0 Å². The number of hydrogen-bond acceptors (Lipinski definition) is 7. The van der Waals surface area contributed by atoms with Crippen LogP contribution in [0.5, 0.6) is 11.5 Å². The molecule has 0 bridgehead atoms. The summed E-state index contributed by atoms with van der Waals surface area (Å²) in [6.07, 6.45) is 3.45. The fourth-order valence-corrected chi connectivity index (χ4v) is 4.66. The number of aromatic nitrogens is 3. The van der Waals surface area contributed by atoms with Gasteiger partial charge in [0, 0.05) is 42.7 Å². The zero-order valence-corrected chi connectivity index (χ0v) is 20.7. The van der Waals surface area contributed by atoms with Crippen molar-refractivity contribution in [3.05, 3.63) is 54.0 Å². The third-order valence-electron chi connectivity index (χ3n) is 6.54. The Hall–Kier alpha value is -3.87. The first kappa shape index (κ1) is 25.2. The third kappa shape index (κ3) is 4.30. The second-order valence-corrected chi connectivity index (χ2v) is 8.71. The molecule has 36 heavy (non-hydrogen) atoms. The van der Waals surface area contributed by atoms with Crippen molar-refractivity contribution in [2.45, 2.75) is 18.9 Å². The average Bonchev–Trinajstić information content (AvgIpc) is 3.25. The number of fused-ring (bicyclic) bond motifs is 1. The van der Waals surface area contributed by atoms with Crippen LogP contribution in [0, 0.1) is 17.1 Å². The maximum absolute atomic E-state index is 14.7. The number of ether oxygens (including phenoxy) is 1. The number of methoxy groups -OCH3 is 1. The molecule has 1 aliphatic heterocycles. The molecule has 1 saturated heterocycles. The number of hydrogen-bond donors (Lipinski definition) is 2. The molecule has 3 heterocycles. The number of pyridine rings is 1. The van der Waals surface area contributed by atoms with Crippen molar-refractivity contribution in [2.75, 3.05) is 25.1 Å². The van der Waals surface area contributed by atoms with Crippen LogP contribution in [-0.2, 0) is 7.05 Å². The van der Waals surface area contributed by atoms with Gasteiger partial charge in [-0.2, -0.15) is 10.4 Å². The van der Waals surface area contributed by atoms with Gasteiger partial charge in [0.25, 0.3) is 0 Å². The van der Waals surface area contributed by atoms with E-state index >= 15 is 0 Å². The number of rotatable bonds is 4. The number of nitriles is 1. The van der Waals surface area contributed by atoms with Gasteiger partial charge in [-0.3, -0.25) is 4.68 Å². The van der Waals surface area contributed by atoms with Gasteiger partial charge >= 0.3 is 0 Å². The Morgan fingerprint density at radius 1 is 1.17 bits per heavy atom. The summed E-state index contributed by atoms with van der Waals surface area (Å²) in [5.41, 5.74) is 9.37. The van der Waals surface area contributed by atoms with E-state index < -0.39 is 5.82 Å². The van der Waals surface area contributed by atoms with E-state index in [-0.39, 0.29) is 29.8 Å². The number of nitrogens with zero attached hydrogens (tertiary/aromatic N) is 5. The van der Waals surface area contributed by atoms with Crippen LogP contribution in [0.25, 0.3) is 33.3 Å². The zero-order valence-electron chi connectivity index (χ0n) is 19.9. The molecule has 5 rings (SSSR count). The van der Waals surface area contributed by atoms with Gasteiger partial charge in [-0.05, 0) is 42.7 Å². The van der Waals surface area contributed by atoms with Crippen molar-refractivity contribution in [2.24, 2.45) is 12.8 Å². The summed E-state index contributed by atoms with van der Waals surface area (Å²) in [6, 6.07) is 11.6. The van der Waals surface area contributed by atoms with Crippen LogP contribution in [0.3, 0.4) is 0 Å². The normalized spacial score (nSPS) is 13.9. The number of benzene rings is 2. The Morgan fingerprint density at radius 3 is 2.53 bits per heavy atom. The first-order valence-electron chi connectivity index (χ1n) is 11.3. The Kier molecular flexibility index (Phi) is 7.02. The summed E-state index contributed by atoms with van der Waals surface area (Å²) >= 11 is 0. The molecule has 1 aliphatic rings. The first-order valence-corrected chi connectivity index (χ1v) is 11.3. The van der Waals surface area contributed by atoms with Gasteiger partial charge in [0.15, 0.2) is 17.3 Å². The van der Waals surface area contributed by atoms with Gasteiger partial charge in [0.2, 0.25) is 0 Å². The minimum atomic E-state index is -0.618. The maximum atomic E-state index is 14.7. The summed E-state index contributed by atoms with van der Waals surface area (Å²) in [5, 5.41) is 25.0. The number of nitrogens with two attached hydrogens (primary N) is 1. The van der Waals surface area contributed by atoms with Crippen molar-refractivity contribution in [3.63, 3.8) is 0 Å². The minimum absolute atomic E-state index is 0. The van der Waals surface area contributed by atoms with Crippen molar-refractivity contribution in [1.82, 2.24) is 14.8 Å². The summed E-state index contributed by atoms with van der Waals surface area (Å²) in [7, 11) is 3.35. The van der Waals surface area contributed by atoms with E-state index in [1.54, 1.807) is 29.1 Å². The van der Waals surface area contributed by atoms with Gasteiger partial charge in [0.1, 0.15) is 17.4 Å². The lowest BCUT2D eigenvalue weighted by Gasteiger charge is -2.32.